The molecule has 5 rings (SSSR count). The molecule has 2 heterocycles. The van der Waals surface area contributed by atoms with E-state index in [-0.39, 0.29) is 5.56 Å². The zero-order valence-electron chi connectivity index (χ0n) is 18.2. The molecular weight excluding hydrogens is 418 g/mol. The van der Waals surface area contributed by atoms with E-state index in [9.17, 15) is 4.79 Å². The summed E-state index contributed by atoms with van der Waals surface area (Å²) in [7, 11) is 4.02. The Morgan fingerprint density at radius 3 is 2.56 bits per heavy atom. The number of aromatic nitrogens is 2. The molecule has 0 radical (unpaired) electrons. The van der Waals surface area contributed by atoms with Gasteiger partial charge in [-0.2, -0.15) is 5.10 Å². The van der Waals surface area contributed by atoms with Gasteiger partial charge in [-0.3, -0.25) is 4.79 Å². The van der Waals surface area contributed by atoms with Crippen LogP contribution in [0.25, 0.3) is 15.9 Å². The van der Waals surface area contributed by atoms with Crippen molar-refractivity contribution in [2.45, 2.75) is 25.7 Å². The van der Waals surface area contributed by atoms with Gasteiger partial charge in [0.1, 0.15) is 4.83 Å². The maximum absolute atomic E-state index is 13.7. The van der Waals surface area contributed by atoms with Gasteiger partial charge < -0.3 is 4.90 Å². The highest BCUT2D eigenvalue weighted by Gasteiger charge is 2.22. The number of hydrazone groups is 1. The Labute approximate surface area is 190 Å². The number of aryl methyl sites for hydroxylation is 2. The van der Waals surface area contributed by atoms with Crippen LogP contribution < -0.4 is 15.9 Å². The molecule has 6 nitrogen and oxygen atoms in total. The van der Waals surface area contributed by atoms with Crippen molar-refractivity contribution in [3.05, 3.63) is 81.0 Å². The van der Waals surface area contributed by atoms with Gasteiger partial charge in [-0.05, 0) is 61.1 Å². The average molecular weight is 444 g/mol. The van der Waals surface area contributed by atoms with E-state index in [1.807, 2.05) is 68.7 Å². The predicted molar refractivity (Wildman–Crippen MR) is 134 cm³/mol. The van der Waals surface area contributed by atoms with Crippen molar-refractivity contribution in [3.63, 3.8) is 0 Å². The lowest BCUT2D eigenvalue weighted by atomic mass is 9.97. The molecule has 4 aromatic rings. The fraction of sp³-hybridized carbons (Fsp3) is 0.240. The van der Waals surface area contributed by atoms with Crippen LogP contribution in [0.15, 0.2) is 64.5 Å². The average Bonchev–Trinajstić information content (AvgIpc) is 3.19. The molecule has 7 heteroatoms. The molecule has 0 fully saturated rings. The first kappa shape index (κ1) is 20.5. The first-order valence-electron chi connectivity index (χ1n) is 10.8. The van der Waals surface area contributed by atoms with E-state index in [2.05, 4.69) is 15.4 Å². The number of para-hydroxylation sites is 1. The van der Waals surface area contributed by atoms with Gasteiger partial charge in [0.25, 0.3) is 5.56 Å². The lowest BCUT2D eigenvalue weighted by molar-refractivity contribution is 0.699. The minimum absolute atomic E-state index is 0.0337. The monoisotopic (exact) mass is 443 g/mol. The number of thiophene rings is 1. The van der Waals surface area contributed by atoms with Crippen LogP contribution in [0.3, 0.4) is 0 Å². The van der Waals surface area contributed by atoms with Crippen molar-refractivity contribution < 1.29 is 0 Å². The molecule has 0 unspecified atom stereocenters. The molecule has 0 atom stereocenters. The number of hydrogen-bond acceptors (Lipinski definition) is 6. The van der Waals surface area contributed by atoms with E-state index in [0.29, 0.717) is 5.95 Å². The maximum atomic E-state index is 13.7. The fourth-order valence-corrected chi connectivity index (χ4v) is 5.37. The predicted octanol–water partition coefficient (Wildman–Crippen LogP) is 4.84. The molecule has 0 spiro atoms. The Kier molecular flexibility index (Phi) is 5.49. The van der Waals surface area contributed by atoms with Crippen LogP contribution in [-0.4, -0.2) is 29.9 Å². The van der Waals surface area contributed by atoms with Crippen molar-refractivity contribution in [1.29, 1.82) is 0 Å². The number of hydrogen-bond donors (Lipinski definition) is 1. The second-order valence-electron chi connectivity index (χ2n) is 8.16. The van der Waals surface area contributed by atoms with E-state index >= 15 is 0 Å². The highest BCUT2D eigenvalue weighted by atomic mass is 32.1. The standard InChI is InChI=1S/C25H25N5OS/c1-29(2)18-14-12-17(13-15-18)16-26-28-25-27-23-22(20-10-6-7-11-21(20)32-23)24(31)30(25)19-8-4-3-5-9-19/h3-5,8-9,12-16H,6-7,10-11H2,1-2H3,(H,27,28). The van der Waals surface area contributed by atoms with Gasteiger partial charge in [0.2, 0.25) is 5.95 Å². The van der Waals surface area contributed by atoms with Crippen molar-refractivity contribution in [3.8, 4) is 5.69 Å². The first-order valence-corrected chi connectivity index (χ1v) is 11.6. The molecule has 162 valence electrons. The summed E-state index contributed by atoms with van der Waals surface area (Å²) in [6.07, 6.45) is 6.03. The van der Waals surface area contributed by atoms with Crippen molar-refractivity contribution in [2.24, 2.45) is 5.10 Å². The quantitative estimate of drug-likeness (QED) is 0.354. The molecule has 1 aliphatic carbocycles. The molecule has 0 amide bonds. The molecular formula is C25H25N5OS. The highest BCUT2D eigenvalue weighted by Crippen LogP contribution is 2.34. The van der Waals surface area contributed by atoms with Crippen LogP contribution >= 0.6 is 11.3 Å². The van der Waals surface area contributed by atoms with Gasteiger partial charge in [0, 0.05) is 24.7 Å². The normalized spacial score (nSPS) is 13.4. The van der Waals surface area contributed by atoms with Crippen LogP contribution in [0, 0.1) is 0 Å². The summed E-state index contributed by atoms with van der Waals surface area (Å²) in [5.74, 6) is 0.424. The van der Waals surface area contributed by atoms with E-state index in [1.54, 1.807) is 22.1 Å². The maximum Gasteiger partial charge on any atom is 0.268 e. The zero-order valence-corrected chi connectivity index (χ0v) is 19.0. The molecule has 2 aromatic carbocycles. The summed E-state index contributed by atoms with van der Waals surface area (Å²) in [5, 5.41) is 5.16. The van der Waals surface area contributed by atoms with E-state index in [1.165, 1.54) is 16.9 Å². The van der Waals surface area contributed by atoms with Gasteiger partial charge in [0.05, 0.1) is 17.3 Å². The molecule has 2 aromatic heterocycles. The number of nitrogens with one attached hydrogen (secondary N) is 1. The topological polar surface area (TPSA) is 62.5 Å². The fourth-order valence-electron chi connectivity index (χ4n) is 4.12. The molecule has 0 saturated heterocycles. The zero-order chi connectivity index (χ0) is 22.1. The van der Waals surface area contributed by atoms with Gasteiger partial charge in [-0.25, -0.2) is 15.0 Å². The van der Waals surface area contributed by atoms with Crippen LogP contribution in [-0.2, 0) is 12.8 Å². The van der Waals surface area contributed by atoms with Crippen molar-refractivity contribution in [1.82, 2.24) is 9.55 Å². The van der Waals surface area contributed by atoms with Crippen LogP contribution in [0.1, 0.15) is 28.8 Å². The second kappa shape index (κ2) is 8.59. The molecule has 32 heavy (non-hydrogen) atoms. The summed E-state index contributed by atoms with van der Waals surface area (Å²) in [6, 6.07) is 17.7. The third-order valence-electron chi connectivity index (χ3n) is 5.79. The Hall–Kier alpha value is -3.45. The second-order valence-corrected chi connectivity index (χ2v) is 9.24. The third-order valence-corrected chi connectivity index (χ3v) is 6.98. The summed E-state index contributed by atoms with van der Waals surface area (Å²) in [6.45, 7) is 0. The lowest BCUT2D eigenvalue weighted by Gasteiger charge is -2.13. The summed E-state index contributed by atoms with van der Waals surface area (Å²) in [4.78, 5) is 22.6. The summed E-state index contributed by atoms with van der Waals surface area (Å²) in [5.41, 5.74) is 7.05. The Balaban J connectivity index is 1.56. The number of nitrogens with zero attached hydrogens (tertiary/aromatic N) is 4. The summed E-state index contributed by atoms with van der Waals surface area (Å²) >= 11 is 1.65. The Bertz CT molecular complexity index is 1340. The van der Waals surface area contributed by atoms with Crippen LogP contribution in [0.5, 0.6) is 0 Å². The minimum atomic E-state index is -0.0337. The molecule has 0 aliphatic heterocycles. The van der Waals surface area contributed by atoms with Crippen molar-refractivity contribution >= 4 is 39.4 Å². The van der Waals surface area contributed by atoms with Crippen LogP contribution in [0.2, 0.25) is 0 Å². The van der Waals surface area contributed by atoms with E-state index in [0.717, 1.165) is 46.4 Å². The van der Waals surface area contributed by atoms with E-state index in [4.69, 9.17) is 4.98 Å². The van der Waals surface area contributed by atoms with Gasteiger partial charge >= 0.3 is 0 Å². The van der Waals surface area contributed by atoms with Gasteiger partial charge in [-0.15, -0.1) is 11.3 Å². The lowest BCUT2D eigenvalue weighted by Crippen LogP contribution is -2.23. The molecule has 0 saturated carbocycles. The number of rotatable bonds is 5. The highest BCUT2D eigenvalue weighted by molar-refractivity contribution is 7.18. The first-order chi connectivity index (χ1) is 15.6. The third kappa shape index (κ3) is 3.80. The summed E-state index contributed by atoms with van der Waals surface area (Å²) < 4.78 is 1.64. The van der Waals surface area contributed by atoms with E-state index < -0.39 is 0 Å². The molecule has 1 aliphatic rings. The largest absolute Gasteiger partial charge is 0.378 e. The Morgan fingerprint density at radius 1 is 1.06 bits per heavy atom. The number of anilines is 2. The van der Waals surface area contributed by atoms with Gasteiger partial charge in [-0.1, -0.05) is 30.3 Å². The van der Waals surface area contributed by atoms with Crippen molar-refractivity contribution in [2.75, 3.05) is 24.4 Å². The SMILES string of the molecule is CN(C)c1ccc(C=NNc2nc3sc4c(c3c(=O)n2-c2ccccc2)CCCC4)cc1. The van der Waals surface area contributed by atoms with Crippen LogP contribution in [0.4, 0.5) is 11.6 Å². The number of benzene rings is 2. The Morgan fingerprint density at radius 2 is 1.81 bits per heavy atom. The van der Waals surface area contributed by atoms with Gasteiger partial charge in [0.15, 0.2) is 0 Å². The number of fused-ring (bicyclic) bond motifs is 3. The minimum Gasteiger partial charge on any atom is -0.378 e. The molecule has 1 N–H and O–H groups in total. The molecule has 0 bridgehead atoms. The smallest absolute Gasteiger partial charge is 0.268 e.